The smallest absolute Gasteiger partial charge is 0.222 e. The summed E-state index contributed by atoms with van der Waals surface area (Å²) in [4.78, 5) is 26.7. The third kappa shape index (κ3) is 3.14. The van der Waals surface area contributed by atoms with E-state index in [-0.39, 0.29) is 23.9 Å². The van der Waals surface area contributed by atoms with E-state index in [4.69, 9.17) is 4.42 Å². The zero-order valence-electron chi connectivity index (χ0n) is 15.0. The highest BCUT2D eigenvalue weighted by molar-refractivity contribution is 5.80. The fourth-order valence-electron chi connectivity index (χ4n) is 4.31. The van der Waals surface area contributed by atoms with Crippen molar-refractivity contribution in [3.05, 3.63) is 59.0 Å². The number of nitrogens with zero attached hydrogens (tertiary/aromatic N) is 1. The summed E-state index contributed by atoms with van der Waals surface area (Å²) in [6.45, 7) is 2.25. The minimum atomic E-state index is -0.190. The molecule has 2 aliphatic rings. The van der Waals surface area contributed by atoms with Crippen LogP contribution in [0.25, 0.3) is 0 Å². The first kappa shape index (κ1) is 16.9. The van der Waals surface area contributed by atoms with Crippen LogP contribution in [0.4, 0.5) is 0 Å². The maximum Gasteiger partial charge on any atom is 0.222 e. The molecule has 2 heterocycles. The van der Waals surface area contributed by atoms with Crippen molar-refractivity contribution in [3.63, 3.8) is 0 Å². The number of carbonyl (C=O) groups is 2. The van der Waals surface area contributed by atoms with Crippen molar-refractivity contribution >= 4 is 11.8 Å². The molecule has 5 nitrogen and oxygen atoms in total. The maximum atomic E-state index is 12.8. The van der Waals surface area contributed by atoms with E-state index in [0.29, 0.717) is 13.0 Å². The van der Waals surface area contributed by atoms with Gasteiger partial charge in [-0.05, 0) is 36.5 Å². The van der Waals surface area contributed by atoms with E-state index in [9.17, 15) is 9.59 Å². The Hall–Kier alpha value is -2.56. The van der Waals surface area contributed by atoms with Gasteiger partial charge in [0.1, 0.15) is 5.76 Å². The molecule has 2 atom stereocenters. The number of hydrogen-bond donors (Lipinski definition) is 1. The topological polar surface area (TPSA) is 62.6 Å². The summed E-state index contributed by atoms with van der Waals surface area (Å²) in [6.07, 6.45) is 5.70. The molecule has 0 bridgehead atoms. The second-order valence-electron chi connectivity index (χ2n) is 7.19. The van der Waals surface area contributed by atoms with Crippen LogP contribution in [0.15, 0.2) is 41.0 Å². The molecule has 1 aromatic carbocycles. The summed E-state index contributed by atoms with van der Waals surface area (Å²) in [7, 11) is 0. The molecule has 0 spiro atoms. The summed E-state index contributed by atoms with van der Waals surface area (Å²) in [5.41, 5.74) is 3.42. The van der Waals surface area contributed by atoms with Gasteiger partial charge in [0.25, 0.3) is 0 Å². The largest absolute Gasteiger partial charge is 0.469 e. The summed E-state index contributed by atoms with van der Waals surface area (Å²) in [6, 6.07) is 9.90. The lowest BCUT2D eigenvalue weighted by molar-refractivity contribution is -0.133. The van der Waals surface area contributed by atoms with Crippen LogP contribution in [-0.2, 0) is 22.4 Å². The number of carbonyl (C=O) groups excluding carboxylic acids is 2. The van der Waals surface area contributed by atoms with Crippen LogP contribution in [0, 0.1) is 0 Å². The number of amides is 2. The first-order valence-electron chi connectivity index (χ1n) is 9.34. The SMILES string of the molecule is CC(=O)N1CCc2ccccc2C1CC(=O)NC1CCCc2occc21. The van der Waals surface area contributed by atoms with E-state index in [1.165, 1.54) is 5.56 Å². The van der Waals surface area contributed by atoms with Crippen molar-refractivity contribution in [3.8, 4) is 0 Å². The Morgan fingerprint density at radius 1 is 1.19 bits per heavy atom. The number of benzene rings is 1. The van der Waals surface area contributed by atoms with Gasteiger partial charge in [0, 0.05) is 25.5 Å². The minimum absolute atomic E-state index is 0.00890. The van der Waals surface area contributed by atoms with Crippen molar-refractivity contribution in [1.29, 1.82) is 0 Å². The summed E-state index contributed by atoms with van der Waals surface area (Å²) in [5, 5.41) is 3.16. The van der Waals surface area contributed by atoms with Crippen LogP contribution in [-0.4, -0.2) is 23.3 Å². The Bertz CT molecular complexity index is 826. The lowest BCUT2D eigenvalue weighted by Gasteiger charge is -2.37. The molecule has 2 unspecified atom stereocenters. The molecule has 0 fully saturated rings. The van der Waals surface area contributed by atoms with E-state index in [1.54, 1.807) is 13.2 Å². The highest BCUT2D eigenvalue weighted by Gasteiger charge is 2.32. The fourth-order valence-corrected chi connectivity index (χ4v) is 4.31. The molecule has 5 heteroatoms. The minimum Gasteiger partial charge on any atom is -0.469 e. The van der Waals surface area contributed by atoms with Gasteiger partial charge in [0.15, 0.2) is 0 Å². The van der Waals surface area contributed by atoms with Crippen molar-refractivity contribution in [1.82, 2.24) is 10.2 Å². The number of hydrogen-bond acceptors (Lipinski definition) is 3. The Morgan fingerprint density at radius 3 is 2.88 bits per heavy atom. The highest BCUT2D eigenvalue weighted by atomic mass is 16.3. The molecule has 1 aliphatic heterocycles. The fraction of sp³-hybridized carbons (Fsp3) is 0.429. The van der Waals surface area contributed by atoms with Gasteiger partial charge in [-0.25, -0.2) is 0 Å². The van der Waals surface area contributed by atoms with Crippen molar-refractivity contribution in [2.45, 2.75) is 51.1 Å². The number of aryl methyl sites for hydroxylation is 1. The predicted molar refractivity (Wildman–Crippen MR) is 97.4 cm³/mol. The zero-order valence-corrected chi connectivity index (χ0v) is 15.0. The molecule has 2 amide bonds. The quantitative estimate of drug-likeness (QED) is 0.922. The lowest BCUT2D eigenvalue weighted by atomic mass is 9.89. The molecular formula is C21H24N2O3. The van der Waals surface area contributed by atoms with E-state index >= 15 is 0 Å². The molecule has 0 saturated carbocycles. The molecule has 26 heavy (non-hydrogen) atoms. The van der Waals surface area contributed by atoms with Crippen LogP contribution < -0.4 is 5.32 Å². The molecule has 136 valence electrons. The maximum absolute atomic E-state index is 12.8. The third-order valence-corrected chi connectivity index (χ3v) is 5.58. The third-order valence-electron chi connectivity index (χ3n) is 5.58. The summed E-state index contributed by atoms with van der Waals surface area (Å²) >= 11 is 0. The first-order chi connectivity index (χ1) is 12.6. The van der Waals surface area contributed by atoms with Crippen molar-refractivity contribution in [2.24, 2.45) is 0 Å². The second-order valence-corrected chi connectivity index (χ2v) is 7.19. The van der Waals surface area contributed by atoms with Crippen LogP contribution >= 0.6 is 0 Å². The van der Waals surface area contributed by atoms with Gasteiger partial charge in [0.05, 0.1) is 24.8 Å². The van der Waals surface area contributed by atoms with Gasteiger partial charge in [-0.1, -0.05) is 24.3 Å². The number of rotatable bonds is 3. The van der Waals surface area contributed by atoms with Crippen molar-refractivity contribution < 1.29 is 14.0 Å². The number of fused-ring (bicyclic) bond motifs is 2. The second kappa shape index (κ2) is 6.98. The summed E-state index contributed by atoms with van der Waals surface area (Å²) in [5.74, 6) is 0.985. The van der Waals surface area contributed by atoms with Crippen molar-refractivity contribution in [2.75, 3.05) is 6.54 Å². The molecule has 1 aliphatic carbocycles. The van der Waals surface area contributed by atoms with Crippen LogP contribution in [0.3, 0.4) is 0 Å². The van der Waals surface area contributed by atoms with Gasteiger partial charge in [0.2, 0.25) is 11.8 Å². The molecule has 1 N–H and O–H groups in total. The molecule has 0 radical (unpaired) electrons. The zero-order chi connectivity index (χ0) is 18.1. The normalized spacial score (nSPS) is 21.7. The standard InChI is InChI=1S/C21H24N2O3/c1-14(24)23-11-9-15-5-2-3-6-16(15)19(23)13-21(25)22-18-7-4-8-20-17(18)10-12-26-20/h2-3,5-6,10,12,18-19H,4,7-9,11,13H2,1H3,(H,22,25). The van der Waals surface area contributed by atoms with E-state index < -0.39 is 0 Å². The Kier molecular flexibility index (Phi) is 4.53. The van der Waals surface area contributed by atoms with Gasteiger partial charge in [-0.3, -0.25) is 9.59 Å². The Labute approximate surface area is 153 Å². The Balaban J connectivity index is 1.52. The van der Waals surface area contributed by atoms with Gasteiger partial charge in [-0.2, -0.15) is 0 Å². The molecule has 4 rings (SSSR count). The predicted octanol–water partition coefficient (Wildman–Crippen LogP) is 3.31. The van der Waals surface area contributed by atoms with Crippen LogP contribution in [0.1, 0.15) is 60.7 Å². The van der Waals surface area contributed by atoms with Crippen LogP contribution in [0.5, 0.6) is 0 Å². The molecular weight excluding hydrogens is 328 g/mol. The average molecular weight is 352 g/mol. The lowest BCUT2D eigenvalue weighted by Crippen LogP contribution is -2.41. The number of furan rings is 1. The molecule has 1 aromatic heterocycles. The van der Waals surface area contributed by atoms with Crippen LogP contribution in [0.2, 0.25) is 0 Å². The average Bonchev–Trinajstić information content (AvgIpc) is 3.11. The highest BCUT2D eigenvalue weighted by Crippen LogP contribution is 2.34. The van der Waals surface area contributed by atoms with Gasteiger partial charge in [-0.15, -0.1) is 0 Å². The van der Waals surface area contributed by atoms with Gasteiger partial charge < -0.3 is 14.6 Å². The summed E-state index contributed by atoms with van der Waals surface area (Å²) < 4.78 is 5.51. The monoisotopic (exact) mass is 352 g/mol. The molecule has 0 saturated heterocycles. The Morgan fingerprint density at radius 2 is 2.04 bits per heavy atom. The van der Waals surface area contributed by atoms with Gasteiger partial charge >= 0.3 is 0 Å². The van der Waals surface area contributed by atoms with E-state index in [0.717, 1.165) is 42.6 Å². The first-order valence-corrected chi connectivity index (χ1v) is 9.34. The van der Waals surface area contributed by atoms with E-state index in [1.807, 2.05) is 29.2 Å². The molecule has 2 aromatic rings. The number of nitrogens with one attached hydrogen (secondary N) is 1. The van der Waals surface area contributed by atoms with E-state index in [2.05, 4.69) is 11.4 Å².